The lowest BCUT2D eigenvalue weighted by atomic mass is 10.1. The topological polar surface area (TPSA) is 35.5 Å². The fourth-order valence-electron chi connectivity index (χ4n) is 1.78. The molecular formula is C16H14Br2O3. The molecule has 21 heavy (non-hydrogen) atoms. The Labute approximate surface area is 140 Å². The van der Waals surface area contributed by atoms with Crippen LogP contribution in [0.2, 0.25) is 0 Å². The van der Waals surface area contributed by atoms with Crippen LogP contribution < -0.4 is 9.47 Å². The summed E-state index contributed by atoms with van der Waals surface area (Å²) in [5.41, 5.74) is 1.66. The van der Waals surface area contributed by atoms with Crippen molar-refractivity contribution in [2.75, 3.05) is 7.11 Å². The molecule has 0 saturated heterocycles. The normalized spacial score (nSPS) is 10.3. The summed E-state index contributed by atoms with van der Waals surface area (Å²) in [5.74, 6) is 1.50. The highest BCUT2D eigenvalue weighted by Crippen LogP contribution is 2.35. The van der Waals surface area contributed by atoms with E-state index >= 15 is 0 Å². The average Bonchev–Trinajstić information content (AvgIpc) is 2.46. The monoisotopic (exact) mass is 412 g/mol. The van der Waals surface area contributed by atoms with Crippen molar-refractivity contribution in [2.24, 2.45) is 0 Å². The zero-order chi connectivity index (χ0) is 15.4. The van der Waals surface area contributed by atoms with Crippen LogP contribution >= 0.6 is 31.9 Å². The van der Waals surface area contributed by atoms with E-state index in [9.17, 15) is 4.79 Å². The third-order valence-electron chi connectivity index (χ3n) is 2.95. The number of rotatable bonds is 5. The van der Waals surface area contributed by atoms with Crippen LogP contribution in [0.1, 0.15) is 22.8 Å². The van der Waals surface area contributed by atoms with E-state index in [1.807, 2.05) is 24.3 Å². The Balaban J connectivity index is 2.14. The van der Waals surface area contributed by atoms with Crippen LogP contribution in [0.15, 0.2) is 45.3 Å². The van der Waals surface area contributed by atoms with Crippen LogP contribution in [0.5, 0.6) is 11.5 Å². The number of methoxy groups -OCH3 is 1. The van der Waals surface area contributed by atoms with E-state index in [1.54, 1.807) is 19.2 Å². The minimum Gasteiger partial charge on any atom is -0.497 e. The Hall–Kier alpha value is -1.33. The molecule has 2 aromatic rings. The Morgan fingerprint density at radius 2 is 1.67 bits per heavy atom. The summed E-state index contributed by atoms with van der Waals surface area (Å²) >= 11 is 6.87. The predicted octanol–water partition coefficient (Wildman–Crippen LogP) is 5.00. The first-order valence-corrected chi connectivity index (χ1v) is 7.85. The standard InChI is InChI=1S/C16H14Br2O3/c1-10(19)12-7-14(17)16(15(18)8-12)21-9-11-3-5-13(20-2)6-4-11/h3-8H,9H2,1-2H3. The highest BCUT2D eigenvalue weighted by molar-refractivity contribution is 9.11. The molecule has 0 fully saturated rings. The van der Waals surface area contributed by atoms with E-state index in [2.05, 4.69) is 31.9 Å². The third-order valence-corrected chi connectivity index (χ3v) is 4.13. The number of carbonyl (C=O) groups is 1. The molecule has 0 N–H and O–H groups in total. The Kier molecular flexibility index (Phi) is 5.42. The van der Waals surface area contributed by atoms with E-state index in [1.165, 1.54) is 6.92 Å². The number of carbonyl (C=O) groups excluding carboxylic acids is 1. The molecule has 0 aliphatic carbocycles. The number of hydrogen-bond acceptors (Lipinski definition) is 3. The maximum Gasteiger partial charge on any atom is 0.159 e. The van der Waals surface area contributed by atoms with E-state index in [4.69, 9.17) is 9.47 Å². The van der Waals surface area contributed by atoms with Gasteiger partial charge in [0.05, 0.1) is 16.1 Å². The van der Waals surface area contributed by atoms with E-state index in [0.29, 0.717) is 17.9 Å². The van der Waals surface area contributed by atoms with Crippen molar-refractivity contribution in [1.82, 2.24) is 0 Å². The van der Waals surface area contributed by atoms with Gasteiger partial charge in [0, 0.05) is 5.56 Å². The van der Waals surface area contributed by atoms with Crippen molar-refractivity contribution in [3.05, 3.63) is 56.5 Å². The maximum absolute atomic E-state index is 11.4. The molecule has 0 atom stereocenters. The second-order valence-corrected chi connectivity index (χ2v) is 6.17. The maximum atomic E-state index is 11.4. The molecule has 0 heterocycles. The molecule has 5 heteroatoms. The molecule has 0 radical (unpaired) electrons. The summed E-state index contributed by atoms with van der Waals surface area (Å²) in [6.45, 7) is 1.96. The minimum absolute atomic E-state index is 0.0121. The van der Waals surface area contributed by atoms with E-state index in [-0.39, 0.29) is 5.78 Å². The quantitative estimate of drug-likeness (QED) is 0.647. The predicted molar refractivity (Wildman–Crippen MR) is 89.2 cm³/mol. The van der Waals surface area contributed by atoms with Crippen molar-refractivity contribution in [3.8, 4) is 11.5 Å². The summed E-state index contributed by atoms with van der Waals surface area (Å²) in [7, 11) is 1.64. The summed E-state index contributed by atoms with van der Waals surface area (Å²) in [5, 5.41) is 0. The molecule has 0 bridgehead atoms. The largest absolute Gasteiger partial charge is 0.497 e. The molecular weight excluding hydrogens is 400 g/mol. The van der Waals surface area contributed by atoms with Gasteiger partial charge in [-0.15, -0.1) is 0 Å². The Bertz CT molecular complexity index is 628. The lowest BCUT2D eigenvalue weighted by Crippen LogP contribution is -1.99. The molecule has 0 spiro atoms. The van der Waals surface area contributed by atoms with Crippen molar-refractivity contribution < 1.29 is 14.3 Å². The molecule has 0 aliphatic rings. The number of benzene rings is 2. The second-order valence-electron chi connectivity index (χ2n) is 4.46. The lowest BCUT2D eigenvalue weighted by Gasteiger charge is -2.12. The van der Waals surface area contributed by atoms with E-state index < -0.39 is 0 Å². The highest BCUT2D eigenvalue weighted by atomic mass is 79.9. The van der Waals surface area contributed by atoms with E-state index in [0.717, 1.165) is 20.3 Å². The first kappa shape index (κ1) is 16.0. The average molecular weight is 414 g/mol. The van der Waals surface area contributed by atoms with Crippen molar-refractivity contribution in [1.29, 1.82) is 0 Å². The van der Waals surface area contributed by atoms with Crippen molar-refractivity contribution >= 4 is 37.6 Å². The van der Waals surface area contributed by atoms with Crippen LogP contribution in [0.3, 0.4) is 0 Å². The third kappa shape index (κ3) is 4.08. The zero-order valence-corrected chi connectivity index (χ0v) is 14.8. The molecule has 0 saturated carbocycles. The van der Waals surface area contributed by atoms with Gasteiger partial charge in [0.15, 0.2) is 5.78 Å². The smallest absolute Gasteiger partial charge is 0.159 e. The summed E-state index contributed by atoms with van der Waals surface area (Å²) in [6, 6.07) is 11.2. The minimum atomic E-state index is 0.0121. The number of ether oxygens (including phenoxy) is 2. The number of ketones is 1. The van der Waals surface area contributed by atoms with Gasteiger partial charge < -0.3 is 9.47 Å². The van der Waals surface area contributed by atoms with Gasteiger partial charge >= 0.3 is 0 Å². The van der Waals surface area contributed by atoms with Gasteiger partial charge in [-0.2, -0.15) is 0 Å². The Morgan fingerprint density at radius 1 is 1.10 bits per heavy atom. The van der Waals surface area contributed by atoms with Crippen LogP contribution in [0, 0.1) is 0 Å². The zero-order valence-electron chi connectivity index (χ0n) is 11.7. The molecule has 0 unspecified atom stereocenters. The number of hydrogen-bond donors (Lipinski definition) is 0. The molecule has 110 valence electrons. The summed E-state index contributed by atoms with van der Waals surface area (Å²) in [4.78, 5) is 11.4. The first-order chi connectivity index (χ1) is 10.0. The van der Waals surface area contributed by atoms with Crippen molar-refractivity contribution in [3.63, 3.8) is 0 Å². The molecule has 2 aromatic carbocycles. The van der Waals surface area contributed by atoms with Gasteiger partial charge in [-0.25, -0.2) is 0 Å². The van der Waals surface area contributed by atoms with Gasteiger partial charge in [-0.05, 0) is 68.6 Å². The fraction of sp³-hybridized carbons (Fsp3) is 0.188. The number of Topliss-reactive ketones (excluding diaryl/α,β-unsaturated/α-hetero) is 1. The van der Waals surface area contributed by atoms with Gasteiger partial charge in [0.1, 0.15) is 18.1 Å². The highest BCUT2D eigenvalue weighted by Gasteiger charge is 2.11. The van der Waals surface area contributed by atoms with Gasteiger partial charge in [-0.1, -0.05) is 12.1 Å². The fourth-order valence-corrected chi connectivity index (χ4v) is 3.19. The van der Waals surface area contributed by atoms with Crippen LogP contribution in [-0.2, 0) is 6.61 Å². The summed E-state index contributed by atoms with van der Waals surface area (Å²) < 4.78 is 12.4. The molecule has 0 aliphatic heterocycles. The second kappa shape index (κ2) is 7.09. The van der Waals surface area contributed by atoms with Crippen LogP contribution in [0.25, 0.3) is 0 Å². The molecule has 3 nitrogen and oxygen atoms in total. The lowest BCUT2D eigenvalue weighted by molar-refractivity contribution is 0.101. The molecule has 0 amide bonds. The van der Waals surface area contributed by atoms with Gasteiger partial charge in [0.25, 0.3) is 0 Å². The van der Waals surface area contributed by atoms with Crippen molar-refractivity contribution in [2.45, 2.75) is 13.5 Å². The first-order valence-electron chi connectivity index (χ1n) is 6.27. The van der Waals surface area contributed by atoms with Gasteiger partial charge in [0.2, 0.25) is 0 Å². The number of halogens is 2. The van der Waals surface area contributed by atoms with Crippen LogP contribution in [0.4, 0.5) is 0 Å². The SMILES string of the molecule is COc1ccc(COc2c(Br)cc(C(C)=O)cc2Br)cc1. The molecule has 2 rings (SSSR count). The summed E-state index contributed by atoms with van der Waals surface area (Å²) in [6.07, 6.45) is 0. The molecule has 0 aromatic heterocycles. The van der Waals surface area contributed by atoms with Gasteiger partial charge in [-0.3, -0.25) is 4.79 Å². The Morgan fingerprint density at radius 3 is 2.14 bits per heavy atom. The van der Waals surface area contributed by atoms with Crippen LogP contribution in [-0.4, -0.2) is 12.9 Å².